The highest BCUT2D eigenvalue weighted by molar-refractivity contribution is 6.00. The maximum absolute atomic E-state index is 13.0. The molecule has 2 aliphatic rings. The molecule has 0 bridgehead atoms. The number of nitriles is 1. The predicted molar refractivity (Wildman–Crippen MR) is 66.7 cm³/mol. The summed E-state index contributed by atoms with van der Waals surface area (Å²) >= 11 is 0. The molecule has 0 atom stereocenters. The van der Waals surface area contributed by atoms with Crippen molar-refractivity contribution in [2.45, 2.75) is 31.1 Å². The first-order valence-electron chi connectivity index (χ1n) is 6.27. The van der Waals surface area contributed by atoms with Gasteiger partial charge in [0.15, 0.2) is 11.5 Å². The van der Waals surface area contributed by atoms with Crippen LogP contribution in [0, 0.1) is 11.3 Å². The predicted octanol–water partition coefficient (Wildman–Crippen LogP) is 1.77. The summed E-state index contributed by atoms with van der Waals surface area (Å²) < 4.78 is 34.4. The molecule has 1 saturated carbocycles. The van der Waals surface area contributed by atoms with Gasteiger partial charge in [-0.15, -0.1) is 8.78 Å². The molecule has 1 aromatic rings. The second kappa shape index (κ2) is 4.22. The van der Waals surface area contributed by atoms with E-state index in [1.165, 1.54) is 0 Å². The van der Waals surface area contributed by atoms with E-state index >= 15 is 0 Å². The van der Waals surface area contributed by atoms with Gasteiger partial charge < -0.3 is 20.5 Å². The third-order valence-electron chi connectivity index (χ3n) is 3.59. The van der Waals surface area contributed by atoms with E-state index in [0.717, 1.165) is 18.6 Å². The van der Waals surface area contributed by atoms with Gasteiger partial charge in [-0.2, -0.15) is 5.26 Å². The van der Waals surface area contributed by atoms with Crippen LogP contribution in [0.2, 0.25) is 0 Å². The molecule has 1 amide bonds. The fraction of sp³-hybridized carbons (Fsp3) is 0.385. The van der Waals surface area contributed by atoms with Gasteiger partial charge in [-0.3, -0.25) is 4.79 Å². The minimum atomic E-state index is -3.77. The molecule has 6 nitrogen and oxygen atoms in total. The summed E-state index contributed by atoms with van der Waals surface area (Å²) in [6.45, 7) is 0. The second-order valence-electron chi connectivity index (χ2n) is 5.06. The molecule has 0 unspecified atom stereocenters. The van der Waals surface area contributed by atoms with Gasteiger partial charge in [-0.25, -0.2) is 0 Å². The van der Waals surface area contributed by atoms with Crippen molar-refractivity contribution in [2.24, 2.45) is 0 Å². The zero-order valence-corrected chi connectivity index (χ0v) is 10.8. The van der Waals surface area contributed by atoms with E-state index in [0.29, 0.717) is 12.8 Å². The van der Waals surface area contributed by atoms with Gasteiger partial charge in [0.05, 0.1) is 11.6 Å². The molecule has 3 rings (SSSR count). The Kier molecular flexibility index (Phi) is 2.69. The Morgan fingerprint density at radius 2 is 1.95 bits per heavy atom. The van der Waals surface area contributed by atoms with E-state index in [-0.39, 0.29) is 22.7 Å². The van der Waals surface area contributed by atoms with Gasteiger partial charge in [0.2, 0.25) is 0 Å². The number of carbonyl (C=O) groups is 1. The number of ether oxygens (including phenoxy) is 2. The van der Waals surface area contributed by atoms with Crippen LogP contribution in [0.15, 0.2) is 12.1 Å². The van der Waals surface area contributed by atoms with Crippen LogP contribution in [0.25, 0.3) is 0 Å². The molecule has 8 heteroatoms. The Morgan fingerprint density at radius 3 is 2.48 bits per heavy atom. The number of nitrogens with two attached hydrogens (primary N) is 1. The summed E-state index contributed by atoms with van der Waals surface area (Å²) in [6.07, 6.45) is -1.82. The lowest BCUT2D eigenvalue weighted by Crippen LogP contribution is -2.52. The van der Waals surface area contributed by atoms with E-state index in [9.17, 15) is 13.6 Å². The zero-order valence-electron chi connectivity index (χ0n) is 10.8. The number of benzene rings is 1. The third-order valence-corrected chi connectivity index (χ3v) is 3.59. The molecule has 0 saturated heterocycles. The summed E-state index contributed by atoms with van der Waals surface area (Å²) in [4.78, 5) is 12.2. The van der Waals surface area contributed by atoms with E-state index in [1.54, 1.807) is 0 Å². The molecular weight excluding hydrogens is 284 g/mol. The number of hydrogen-bond donors (Lipinski definition) is 2. The van der Waals surface area contributed by atoms with Crippen molar-refractivity contribution in [1.29, 1.82) is 5.26 Å². The lowest BCUT2D eigenvalue weighted by Gasteiger charge is -2.35. The fourth-order valence-electron chi connectivity index (χ4n) is 2.29. The first-order valence-corrected chi connectivity index (χ1v) is 6.27. The molecule has 1 fully saturated rings. The summed E-state index contributed by atoms with van der Waals surface area (Å²) in [7, 11) is 0. The number of nitrogen functional groups attached to an aromatic ring is 1. The van der Waals surface area contributed by atoms with Gasteiger partial charge in [0, 0.05) is 11.8 Å². The number of anilines is 1. The SMILES string of the molecule is N#CC1(NC(=O)c2cc3c(cc2N)OC(F)(F)O3)CCC1. The molecule has 3 N–H and O–H groups in total. The van der Waals surface area contributed by atoms with Gasteiger partial charge in [0.25, 0.3) is 5.91 Å². The Morgan fingerprint density at radius 1 is 1.33 bits per heavy atom. The minimum Gasteiger partial charge on any atom is -0.398 e. The van der Waals surface area contributed by atoms with Crippen LogP contribution in [0.3, 0.4) is 0 Å². The average molecular weight is 295 g/mol. The van der Waals surface area contributed by atoms with Crippen molar-refractivity contribution in [3.8, 4) is 17.6 Å². The van der Waals surface area contributed by atoms with Crippen LogP contribution in [-0.4, -0.2) is 17.7 Å². The Bertz CT molecular complexity index is 665. The maximum atomic E-state index is 13.0. The third kappa shape index (κ3) is 2.20. The molecule has 1 heterocycles. The van der Waals surface area contributed by atoms with Crippen molar-refractivity contribution in [3.05, 3.63) is 17.7 Å². The van der Waals surface area contributed by atoms with Crippen molar-refractivity contribution in [3.63, 3.8) is 0 Å². The standard InChI is InChI=1S/C13H11F2N3O3/c14-13(15)20-9-4-7(8(17)5-10(9)21-13)11(19)18-12(6-16)2-1-3-12/h4-5H,1-3,17H2,(H,18,19). The maximum Gasteiger partial charge on any atom is 0.586 e. The van der Waals surface area contributed by atoms with E-state index in [4.69, 9.17) is 11.0 Å². The second-order valence-corrected chi connectivity index (χ2v) is 5.06. The quantitative estimate of drug-likeness (QED) is 0.810. The van der Waals surface area contributed by atoms with Gasteiger partial charge in [-0.05, 0) is 25.3 Å². The Balaban J connectivity index is 1.87. The van der Waals surface area contributed by atoms with Crippen LogP contribution in [-0.2, 0) is 0 Å². The topological polar surface area (TPSA) is 97.4 Å². The molecule has 1 aromatic carbocycles. The zero-order chi connectivity index (χ0) is 15.3. The number of rotatable bonds is 2. The number of hydrogen-bond acceptors (Lipinski definition) is 5. The highest BCUT2D eigenvalue weighted by Gasteiger charge is 2.44. The summed E-state index contributed by atoms with van der Waals surface area (Å²) in [5.74, 6) is -1.10. The smallest absolute Gasteiger partial charge is 0.398 e. The van der Waals surface area contributed by atoms with E-state index in [2.05, 4.69) is 20.9 Å². The molecule has 110 valence electrons. The lowest BCUT2D eigenvalue weighted by molar-refractivity contribution is -0.286. The number of nitrogens with zero attached hydrogens (tertiary/aromatic N) is 1. The van der Waals surface area contributed by atoms with Crippen LogP contribution in [0.1, 0.15) is 29.6 Å². The van der Waals surface area contributed by atoms with Crippen molar-refractivity contribution in [1.82, 2.24) is 5.32 Å². The number of fused-ring (bicyclic) bond motifs is 1. The summed E-state index contributed by atoms with van der Waals surface area (Å²) in [5, 5.41) is 11.7. The molecule has 1 aliphatic carbocycles. The summed E-state index contributed by atoms with van der Waals surface area (Å²) in [6, 6.07) is 4.24. The number of nitrogens with one attached hydrogen (secondary N) is 1. The molecular formula is C13H11F2N3O3. The molecule has 21 heavy (non-hydrogen) atoms. The highest BCUT2D eigenvalue weighted by atomic mass is 19.3. The summed E-state index contributed by atoms with van der Waals surface area (Å²) in [5.41, 5.74) is 4.72. The first-order chi connectivity index (χ1) is 9.84. The van der Waals surface area contributed by atoms with Crippen LogP contribution >= 0.6 is 0 Å². The van der Waals surface area contributed by atoms with Gasteiger partial charge in [-0.1, -0.05) is 0 Å². The Hall–Kier alpha value is -2.56. The Labute approximate surface area is 118 Å². The van der Waals surface area contributed by atoms with E-state index < -0.39 is 17.7 Å². The van der Waals surface area contributed by atoms with Crippen molar-refractivity contribution < 1.29 is 23.0 Å². The highest BCUT2D eigenvalue weighted by Crippen LogP contribution is 2.43. The van der Waals surface area contributed by atoms with Crippen LogP contribution in [0.5, 0.6) is 11.5 Å². The van der Waals surface area contributed by atoms with Crippen molar-refractivity contribution >= 4 is 11.6 Å². The normalized spacial score (nSPS) is 20.2. The number of amides is 1. The largest absolute Gasteiger partial charge is 0.586 e. The molecule has 0 spiro atoms. The molecule has 0 aromatic heterocycles. The molecule has 0 radical (unpaired) electrons. The first kappa shape index (κ1) is 13.4. The monoisotopic (exact) mass is 295 g/mol. The lowest BCUT2D eigenvalue weighted by atomic mass is 9.78. The molecule has 1 aliphatic heterocycles. The van der Waals surface area contributed by atoms with Crippen LogP contribution < -0.4 is 20.5 Å². The number of carbonyl (C=O) groups excluding carboxylic acids is 1. The van der Waals surface area contributed by atoms with E-state index in [1.807, 2.05) is 0 Å². The minimum absolute atomic E-state index is 0.0278. The number of halogens is 2. The fourth-order valence-corrected chi connectivity index (χ4v) is 2.29. The van der Waals surface area contributed by atoms with Gasteiger partial charge in [0.1, 0.15) is 5.54 Å². The number of alkyl halides is 2. The van der Waals surface area contributed by atoms with Crippen LogP contribution in [0.4, 0.5) is 14.5 Å². The van der Waals surface area contributed by atoms with Crippen molar-refractivity contribution in [2.75, 3.05) is 5.73 Å². The average Bonchev–Trinajstić information content (AvgIpc) is 2.65. The van der Waals surface area contributed by atoms with Gasteiger partial charge >= 0.3 is 6.29 Å².